The number of hydrogen-bond donors (Lipinski definition) is 0. The van der Waals surface area contributed by atoms with Gasteiger partial charge in [-0.1, -0.05) is 20.8 Å². The summed E-state index contributed by atoms with van der Waals surface area (Å²) in [6.45, 7) is 8.36. The molecule has 1 rings (SSSR count). The Morgan fingerprint density at radius 2 is 2.00 bits per heavy atom. The van der Waals surface area contributed by atoms with E-state index in [-0.39, 0.29) is 17.4 Å². The van der Waals surface area contributed by atoms with Gasteiger partial charge in [0.25, 0.3) is 5.91 Å². The molecule has 0 bridgehead atoms. The van der Waals surface area contributed by atoms with Crippen LogP contribution in [0.4, 0.5) is 0 Å². The lowest BCUT2D eigenvalue weighted by Gasteiger charge is -2.35. The van der Waals surface area contributed by atoms with Crippen LogP contribution in [-0.2, 0) is 0 Å². The third-order valence-electron chi connectivity index (χ3n) is 2.94. The van der Waals surface area contributed by atoms with E-state index in [0.29, 0.717) is 5.69 Å². The number of carbonyl (C=O) groups is 1. The van der Waals surface area contributed by atoms with Crippen molar-refractivity contribution in [1.82, 2.24) is 14.9 Å². The second kappa shape index (κ2) is 4.60. The van der Waals surface area contributed by atoms with E-state index in [1.807, 2.05) is 6.92 Å². The second-order valence-electron chi connectivity index (χ2n) is 5.05. The molecular weight excluding hydrogens is 202 g/mol. The van der Waals surface area contributed by atoms with Crippen molar-refractivity contribution in [2.45, 2.75) is 33.7 Å². The quantitative estimate of drug-likeness (QED) is 0.767. The minimum Gasteiger partial charge on any atom is -0.337 e. The summed E-state index contributed by atoms with van der Waals surface area (Å²) < 4.78 is 0. The van der Waals surface area contributed by atoms with Crippen LogP contribution in [0.25, 0.3) is 0 Å². The molecule has 0 saturated carbocycles. The molecule has 1 atom stereocenters. The van der Waals surface area contributed by atoms with E-state index in [2.05, 4.69) is 30.7 Å². The van der Waals surface area contributed by atoms with Gasteiger partial charge in [0.2, 0.25) is 0 Å². The van der Waals surface area contributed by atoms with Crippen LogP contribution in [0.5, 0.6) is 0 Å². The highest BCUT2D eigenvalue weighted by atomic mass is 16.2. The average molecular weight is 221 g/mol. The van der Waals surface area contributed by atoms with Gasteiger partial charge in [-0.05, 0) is 12.3 Å². The lowest BCUT2D eigenvalue weighted by molar-refractivity contribution is 0.0623. The van der Waals surface area contributed by atoms with E-state index in [9.17, 15) is 4.79 Å². The number of nitrogens with zero attached hydrogens (tertiary/aromatic N) is 3. The summed E-state index contributed by atoms with van der Waals surface area (Å²) in [5.74, 6) is -0.0875. The Labute approximate surface area is 96.7 Å². The SMILES string of the molecule is CC(N(C)C(=O)c1cnccn1)C(C)(C)C. The van der Waals surface area contributed by atoms with Crippen molar-refractivity contribution in [2.75, 3.05) is 7.05 Å². The van der Waals surface area contributed by atoms with Crippen molar-refractivity contribution in [2.24, 2.45) is 5.41 Å². The molecule has 1 aromatic heterocycles. The Kier molecular flexibility index (Phi) is 3.62. The molecule has 16 heavy (non-hydrogen) atoms. The fourth-order valence-corrected chi connectivity index (χ4v) is 1.35. The van der Waals surface area contributed by atoms with Gasteiger partial charge in [0, 0.05) is 25.5 Å². The summed E-state index contributed by atoms with van der Waals surface area (Å²) in [6, 6.07) is 0.141. The smallest absolute Gasteiger partial charge is 0.274 e. The monoisotopic (exact) mass is 221 g/mol. The van der Waals surface area contributed by atoms with E-state index in [0.717, 1.165) is 0 Å². The van der Waals surface area contributed by atoms with Gasteiger partial charge in [0.15, 0.2) is 0 Å². The Hall–Kier alpha value is -1.45. The van der Waals surface area contributed by atoms with Gasteiger partial charge in [0.05, 0.1) is 6.20 Å². The van der Waals surface area contributed by atoms with E-state index in [1.54, 1.807) is 18.1 Å². The Morgan fingerprint density at radius 1 is 1.38 bits per heavy atom. The van der Waals surface area contributed by atoms with E-state index in [1.165, 1.54) is 12.4 Å². The summed E-state index contributed by atoms with van der Waals surface area (Å²) in [4.78, 5) is 21.7. The predicted octanol–water partition coefficient (Wildman–Crippen LogP) is 1.98. The van der Waals surface area contributed by atoms with Crippen LogP contribution >= 0.6 is 0 Å². The number of carbonyl (C=O) groups excluding carboxylic acids is 1. The summed E-state index contributed by atoms with van der Waals surface area (Å²) >= 11 is 0. The first kappa shape index (κ1) is 12.6. The molecule has 1 amide bonds. The molecule has 0 aliphatic heterocycles. The summed E-state index contributed by atoms with van der Waals surface area (Å²) in [7, 11) is 1.80. The zero-order chi connectivity index (χ0) is 12.3. The largest absolute Gasteiger partial charge is 0.337 e. The van der Waals surface area contributed by atoms with Gasteiger partial charge in [0.1, 0.15) is 5.69 Å². The molecular formula is C12H19N3O. The molecule has 1 heterocycles. The van der Waals surface area contributed by atoms with Crippen molar-refractivity contribution < 1.29 is 4.79 Å². The fourth-order valence-electron chi connectivity index (χ4n) is 1.35. The summed E-state index contributed by atoms with van der Waals surface area (Å²) in [5.41, 5.74) is 0.438. The predicted molar refractivity (Wildman–Crippen MR) is 63.0 cm³/mol. The normalized spacial score (nSPS) is 13.3. The van der Waals surface area contributed by atoms with Crippen molar-refractivity contribution in [3.05, 3.63) is 24.3 Å². The topological polar surface area (TPSA) is 46.1 Å². The van der Waals surface area contributed by atoms with Crippen LogP contribution in [-0.4, -0.2) is 33.9 Å². The Bertz CT molecular complexity index is 356. The molecule has 4 heteroatoms. The molecule has 0 fully saturated rings. The minimum absolute atomic E-state index is 0.0482. The van der Waals surface area contributed by atoms with E-state index < -0.39 is 0 Å². The lowest BCUT2D eigenvalue weighted by Crippen LogP contribution is -2.43. The average Bonchev–Trinajstić information content (AvgIpc) is 2.26. The number of aromatic nitrogens is 2. The maximum Gasteiger partial charge on any atom is 0.274 e. The van der Waals surface area contributed by atoms with Crippen LogP contribution in [0.15, 0.2) is 18.6 Å². The highest BCUT2D eigenvalue weighted by Crippen LogP contribution is 2.23. The summed E-state index contributed by atoms with van der Waals surface area (Å²) in [6.07, 6.45) is 4.58. The number of hydrogen-bond acceptors (Lipinski definition) is 3. The second-order valence-corrected chi connectivity index (χ2v) is 5.05. The first-order valence-electron chi connectivity index (χ1n) is 5.37. The van der Waals surface area contributed by atoms with Crippen LogP contribution in [0.3, 0.4) is 0 Å². The van der Waals surface area contributed by atoms with Crippen molar-refractivity contribution in [3.63, 3.8) is 0 Å². The maximum absolute atomic E-state index is 12.1. The Morgan fingerprint density at radius 3 is 2.44 bits per heavy atom. The van der Waals surface area contributed by atoms with Crippen LogP contribution in [0.2, 0.25) is 0 Å². The zero-order valence-electron chi connectivity index (χ0n) is 10.6. The van der Waals surface area contributed by atoms with Crippen LogP contribution < -0.4 is 0 Å². The molecule has 1 unspecified atom stereocenters. The number of amides is 1. The van der Waals surface area contributed by atoms with Gasteiger partial charge < -0.3 is 4.90 Å². The molecule has 0 aromatic carbocycles. The molecule has 0 spiro atoms. The molecule has 4 nitrogen and oxygen atoms in total. The highest BCUT2D eigenvalue weighted by molar-refractivity contribution is 5.92. The molecule has 0 N–H and O–H groups in total. The van der Waals surface area contributed by atoms with E-state index >= 15 is 0 Å². The summed E-state index contributed by atoms with van der Waals surface area (Å²) in [5, 5.41) is 0. The number of rotatable bonds is 2. The minimum atomic E-state index is -0.0875. The zero-order valence-corrected chi connectivity index (χ0v) is 10.6. The fraction of sp³-hybridized carbons (Fsp3) is 0.583. The van der Waals surface area contributed by atoms with Gasteiger partial charge in [-0.15, -0.1) is 0 Å². The van der Waals surface area contributed by atoms with E-state index in [4.69, 9.17) is 0 Å². The van der Waals surface area contributed by atoms with Crippen LogP contribution in [0, 0.1) is 5.41 Å². The first-order valence-corrected chi connectivity index (χ1v) is 5.37. The van der Waals surface area contributed by atoms with Gasteiger partial charge >= 0.3 is 0 Å². The molecule has 88 valence electrons. The van der Waals surface area contributed by atoms with Crippen LogP contribution in [0.1, 0.15) is 38.2 Å². The molecule has 0 aliphatic carbocycles. The standard InChI is InChI=1S/C12H19N3O/c1-9(12(2,3)4)15(5)11(16)10-8-13-6-7-14-10/h6-9H,1-5H3. The lowest BCUT2D eigenvalue weighted by atomic mass is 9.87. The van der Waals surface area contributed by atoms with Gasteiger partial charge in [-0.2, -0.15) is 0 Å². The maximum atomic E-state index is 12.1. The molecule has 0 radical (unpaired) electrons. The molecule has 1 aromatic rings. The molecule has 0 saturated heterocycles. The van der Waals surface area contributed by atoms with Crippen molar-refractivity contribution in [1.29, 1.82) is 0 Å². The Balaban J connectivity index is 2.84. The third kappa shape index (κ3) is 2.78. The van der Waals surface area contributed by atoms with Gasteiger partial charge in [-0.25, -0.2) is 4.98 Å². The third-order valence-corrected chi connectivity index (χ3v) is 2.94. The molecule has 0 aliphatic rings. The first-order chi connectivity index (χ1) is 7.34. The highest BCUT2D eigenvalue weighted by Gasteiger charge is 2.27. The van der Waals surface area contributed by atoms with Crippen molar-refractivity contribution >= 4 is 5.91 Å². The van der Waals surface area contributed by atoms with Gasteiger partial charge in [-0.3, -0.25) is 9.78 Å². The van der Waals surface area contributed by atoms with Crippen molar-refractivity contribution in [3.8, 4) is 0 Å².